The smallest absolute Gasteiger partial charge is 0.276 e. The quantitative estimate of drug-likeness (QED) is 0.445. The molecule has 5 rings (SSSR count). The van der Waals surface area contributed by atoms with Crippen LogP contribution in [-0.4, -0.2) is 38.9 Å². The van der Waals surface area contributed by atoms with E-state index in [4.69, 9.17) is 23.2 Å². The highest BCUT2D eigenvalue weighted by Gasteiger charge is 2.20. The first kappa shape index (κ1) is 19.8. The number of H-pyrrole nitrogens is 1. The van der Waals surface area contributed by atoms with E-state index in [2.05, 4.69) is 30.2 Å². The van der Waals surface area contributed by atoms with Gasteiger partial charge in [-0.3, -0.25) is 4.79 Å². The molecule has 9 heteroatoms. The highest BCUT2D eigenvalue weighted by atomic mass is 35.5. The van der Waals surface area contributed by atoms with Crippen molar-refractivity contribution < 1.29 is 4.79 Å². The number of amides is 1. The molecule has 1 saturated heterocycles. The van der Waals surface area contributed by atoms with Crippen LogP contribution >= 0.6 is 23.2 Å². The van der Waals surface area contributed by atoms with Crippen molar-refractivity contribution in [3.8, 4) is 11.4 Å². The fraction of sp³-hybridized carbons (Fsp3) is 0.182. The summed E-state index contributed by atoms with van der Waals surface area (Å²) < 4.78 is 0. The van der Waals surface area contributed by atoms with E-state index in [1.807, 2.05) is 36.4 Å². The molecule has 0 radical (unpaired) electrons. The lowest BCUT2D eigenvalue weighted by molar-refractivity contribution is 0.102. The van der Waals surface area contributed by atoms with Gasteiger partial charge >= 0.3 is 0 Å². The van der Waals surface area contributed by atoms with Crippen molar-refractivity contribution in [2.24, 2.45) is 0 Å². The Morgan fingerprint density at radius 1 is 1.03 bits per heavy atom. The van der Waals surface area contributed by atoms with Crippen LogP contribution in [-0.2, 0) is 0 Å². The Balaban J connectivity index is 1.41. The molecule has 1 fully saturated rings. The van der Waals surface area contributed by atoms with E-state index in [9.17, 15) is 4.79 Å². The van der Waals surface area contributed by atoms with Gasteiger partial charge in [-0.25, -0.2) is 15.0 Å². The van der Waals surface area contributed by atoms with Gasteiger partial charge in [-0.1, -0.05) is 35.3 Å². The third kappa shape index (κ3) is 3.94. The Labute approximate surface area is 188 Å². The van der Waals surface area contributed by atoms with E-state index >= 15 is 0 Å². The molecule has 1 amide bonds. The number of nitrogens with zero attached hydrogens (tertiary/aromatic N) is 4. The van der Waals surface area contributed by atoms with Crippen LogP contribution in [0.25, 0.3) is 22.4 Å². The molecule has 0 unspecified atom stereocenters. The summed E-state index contributed by atoms with van der Waals surface area (Å²) in [5.74, 6) is 0.802. The number of anilines is 2. The molecule has 4 aromatic rings. The monoisotopic (exact) mass is 452 g/mol. The van der Waals surface area contributed by atoms with E-state index < -0.39 is 5.91 Å². The molecule has 31 heavy (non-hydrogen) atoms. The fourth-order valence-corrected chi connectivity index (χ4v) is 4.05. The Morgan fingerprint density at radius 2 is 1.84 bits per heavy atom. The van der Waals surface area contributed by atoms with Gasteiger partial charge in [0, 0.05) is 24.3 Å². The van der Waals surface area contributed by atoms with Crippen molar-refractivity contribution in [1.82, 2.24) is 19.9 Å². The van der Waals surface area contributed by atoms with E-state index in [0.29, 0.717) is 22.5 Å². The van der Waals surface area contributed by atoms with Gasteiger partial charge in [-0.05, 0) is 43.2 Å². The van der Waals surface area contributed by atoms with E-state index in [-0.39, 0.29) is 10.7 Å². The Bertz CT molecular complexity index is 1280. The zero-order valence-corrected chi connectivity index (χ0v) is 17.9. The number of nitrogens with one attached hydrogen (secondary N) is 2. The van der Waals surface area contributed by atoms with Gasteiger partial charge in [0.2, 0.25) is 5.95 Å². The van der Waals surface area contributed by atoms with Crippen molar-refractivity contribution >= 4 is 51.8 Å². The predicted octanol–water partition coefficient (Wildman–Crippen LogP) is 5.18. The second-order valence-electron chi connectivity index (χ2n) is 7.31. The summed E-state index contributed by atoms with van der Waals surface area (Å²) >= 11 is 12.5. The summed E-state index contributed by atoms with van der Waals surface area (Å²) in [6.45, 7) is 1.76. The molecule has 0 spiro atoms. The zero-order chi connectivity index (χ0) is 21.4. The number of aromatic amines is 1. The maximum absolute atomic E-state index is 12.9. The number of rotatable bonds is 4. The third-order valence-electron chi connectivity index (χ3n) is 5.20. The highest BCUT2D eigenvalue weighted by molar-refractivity contribution is 6.34. The van der Waals surface area contributed by atoms with Crippen molar-refractivity contribution in [3.63, 3.8) is 0 Å². The topological polar surface area (TPSA) is 86.8 Å². The van der Waals surface area contributed by atoms with Crippen LogP contribution in [0.3, 0.4) is 0 Å². The van der Waals surface area contributed by atoms with Crippen molar-refractivity contribution in [1.29, 1.82) is 0 Å². The third-order valence-corrected chi connectivity index (χ3v) is 5.81. The number of fused-ring (bicyclic) bond motifs is 1. The lowest BCUT2D eigenvalue weighted by atomic mass is 10.2. The SMILES string of the molecule is O=C(Nc1ccc2nc(-c3ccccc3Cl)[nH]c2c1)c1nc(N2CCCC2)ncc1Cl. The molecule has 0 saturated carbocycles. The number of hydrogen-bond acceptors (Lipinski definition) is 5. The lowest BCUT2D eigenvalue weighted by Gasteiger charge is -2.16. The first-order valence-corrected chi connectivity index (χ1v) is 10.7. The van der Waals surface area contributed by atoms with Crippen LogP contribution in [0.1, 0.15) is 23.3 Å². The number of benzene rings is 2. The van der Waals surface area contributed by atoms with E-state index in [1.165, 1.54) is 6.20 Å². The molecule has 1 aliphatic heterocycles. The highest BCUT2D eigenvalue weighted by Crippen LogP contribution is 2.28. The average Bonchev–Trinajstić information content (AvgIpc) is 3.44. The maximum atomic E-state index is 12.9. The molecule has 2 aromatic carbocycles. The second-order valence-corrected chi connectivity index (χ2v) is 8.13. The Hall–Kier alpha value is -3.16. The molecule has 0 bridgehead atoms. The molecule has 2 N–H and O–H groups in total. The van der Waals surface area contributed by atoms with Gasteiger partial charge in [0.1, 0.15) is 5.82 Å². The first-order valence-electron chi connectivity index (χ1n) is 9.92. The lowest BCUT2D eigenvalue weighted by Crippen LogP contribution is -2.23. The standard InChI is InChI=1S/C22H18Cl2N6O/c23-15-6-2-1-5-14(15)20-27-17-8-7-13(11-18(17)28-20)26-21(31)19-16(24)12-25-22(29-19)30-9-3-4-10-30/h1-2,5-8,11-12H,3-4,9-10H2,(H,26,31)(H,27,28). The molecule has 7 nitrogen and oxygen atoms in total. The van der Waals surface area contributed by atoms with Crippen molar-refractivity contribution in [2.45, 2.75) is 12.8 Å². The van der Waals surface area contributed by atoms with Gasteiger partial charge in [0.05, 0.1) is 27.3 Å². The summed E-state index contributed by atoms with van der Waals surface area (Å²) in [7, 11) is 0. The number of carbonyl (C=O) groups excluding carboxylic acids is 1. The van der Waals surface area contributed by atoms with Crippen LogP contribution in [0.5, 0.6) is 0 Å². The summed E-state index contributed by atoms with van der Waals surface area (Å²) in [5.41, 5.74) is 3.11. The van der Waals surface area contributed by atoms with Gasteiger partial charge in [-0.15, -0.1) is 0 Å². The Kier molecular flexibility index (Phi) is 5.21. The zero-order valence-electron chi connectivity index (χ0n) is 16.4. The van der Waals surface area contributed by atoms with Gasteiger partial charge < -0.3 is 15.2 Å². The van der Waals surface area contributed by atoms with E-state index in [0.717, 1.165) is 42.5 Å². The number of carbonyl (C=O) groups is 1. The van der Waals surface area contributed by atoms with Crippen molar-refractivity contribution in [3.05, 3.63) is 64.4 Å². The van der Waals surface area contributed by atoms with Crippen LogP contribution in [0, 0.1) is 0 Å². The second kappa shape index (κ2) is 8.17. The molecule has 0 atom stereocenters. The number of hydrogen-bond donors (Lipinski definition) is 2. The molecular formula is C22H18Cl2N6O. The van der Waals surface area contributed by atoms with Gasteiger partial charge in [-0.2, -0.15) is 0 Å². The van der Waals surface area contributed by atoms with Gasteiger partial charge in [0.25, 0.3) is 5.91 Å². The average molecular weight is 453 g/mol. The minimum Gasteiger partial charge on any atom is -0.341 e. The minimum absolute atomic E-state index is 0.153. The normalized spacial score (nSPS) is 13.7. The summed E-state index contributed by atoms with van der Waals surface area (Å²) in [6.07, 6.45) is 3.66. The first-order chi connectivity index (χ1) is 15.1. The van der Waals surface area contributed by atoms with Gasteiger partial charge in [0.15, 0.2) is 5.69 Å². The molecule has 156 valence electrons. The van der Waals surface area contributed by atoms with Crippen molar-refractivity contribution in [2.75, 3.05) is 23.3 Å². The Morgan fingerprint density at radius 3 is 2.65 bits per heavy atom. The number of halogens is 2. The van der Waals surface area contributed by atoms with Crippen LogP contribution in [0.4, 0.5) is 11.6 Å². The molecule has 1 aliphatic rings. The number of aromatic nitrogens is 4. The molecule has 0 aliphatic carbocycles. The summed E-state index contributed by atoms with van der Waals surface area (Å²) in [4.78, 5) is 31.4. The van der Waals surface area contributed by atoms with Crippen LogP contribution < -0.4 is 10.2 Å². The van der Waals surface area contributed by atoms with Crippen LogP contribution in [0.2, 0.25) is 10.0 Å². The minimum atomic E-state index is -0.391. The largest absolute Gasteiger partial charge is 0.341 e. The maximum Gasteiger partial charge on any atom is 0.276 e. The summed E-state index contributed by atoms with van der Waals surface area (Å²) in [6, 6.07) is 12.9. The van der Waals surface area contributed by atoms with E-state index in [1.54, 1.807) is 6.07 Å². The predicted molar refractivity (Wildman–Crippen MR) is 123 cm³/mol. The molecule has 3 heterocycles. The number of imidazole rings is 1. The fourth-order valence-electron chi connectivity index (χ4n) is 3.65. The molecular weight excluding hydrogens is 435 g/mol. The van der Waals surface area contributed by atoms with Crippen LogP contribution in [0.15, 0.2) is 48.7 Å². The summed E-state index contributed by atoms with van der Waals surface area (Å²) in [5, 5.41) is 3.69. The molecule has 2 aromatic heterocycles.